The lowest BCUT2D eigenvalue weighted by molar-refractivity contribution is -0.146. The lowest BCUT2D eigenvalue weighted by Gasteiger charge is -2.37. The van der Waals surface area contributed by atoms with Gasteiger partial charge in [0.15, 0.2) is 0 Å². The molecule has 0 spiro atoms. The average Bonchev–Trinajstić information content (AvgIpc) is 3.03. The molecular formula is C32H40N6O8. The van der Waals surface area contributed by atoms with Crippen LogP contribution in [0.4, 0.5) is 0 Å². The van der Waals surface area contributed by atoms with Crippen molar-refractivity contribution in [1.82, 2.24) is 20.9 Å². The van der Waals surface area contributed by atoms with E-state index in [-0.39, 0.29) is 38.6 Å². The Balaban J connectivity index is 1.88. The number of nitrogens with two attached hydrogens (primary N) is 2. The summed E-state index contributed by atoms with van der Waals surface area (Å²) >= 11 is 0. The third kappa shape index (κ3) is 10.1. The average molecular weight is 637 g/mol. The summed E-state index contributed by atoms with van der Waals surface area (Å²) in [6, 6.07) is 8.44. The molecular weight excluding hydrogens is 596 g/mol. The SMILES string of the molecule is C=CC(=O)NC(CCC(=O)O)C(=O)N1CCCCC1C(=O)NC(Cc1ccc2ccccc2c1)C(=O)NC(CCC(N)=O)C(N)=O. The number of carbonyl (C=O) groups excluding carboxylic acids is 6. The third-order valence-corrected chi connectivity index (χ3v) is 7.76. The van der Waals surface area contributed by atoms with E-state index < -0.39 is 72.0 Å². The van der Waals surface area contributed by atoms with Gasteiger partial charge in [-0.05, 0) is 54.5 Å². The topological polar surface area (TPSA) is 231 Å². The fourth-order valence-electron chi connectivity index (χ4n) is 5.35. The number of hydrogen-bond donors (Lipinski definition) is 6. The normalized spacial score (nSPS) is 16.3. The van der Waals surface area contributed by atoms with Crippen LogP contribution in [0.5, 0.6) is 0 Å². The number of benzene rings is 2. The van der Waals surface area contributed by atoms with Gasteiger partial charge in [-0.15, -0.1) is 0 Å². The molecule has 1 heterocycles. The zero-order valence-electron chi connectivity index (χ0n) is 25.4. The van der Waals surface area contributed by atoms with Gasteiger partial charge in [0, 0.05) is 25.8 Å². The van der Waals surface area contributed by atoms with Gasteiger partial charge >= 0.3 is 5.97 Å². The summed E-state index contributed by atoms with van der Waals surface area (Å²) in [6.45, 7) is 3.54. The van der Waals surface area contributed by atoms with Crippen molar-refractivity contribution in [2.75, 3.05) is 6.54 Å². The summed E-state index contributed by atoms with van der Waals surface area (Å²) in [4.78, 5) is 88.9. The zero-order valence-corrected chi connectivity index (χ0v) is 25.4. The van der Waals surface area contributed by atoms with Crippen molar-refractivity contribution < 1.29 is 38.7 Å². The zero-order chi connectivity index (χ0) is 33.8. The van der Waals surface area contributed by atoms with Crippen molar-refractivity contribution in [2.45, 2.75) is 75.5 Å². The van der Waals surface area contributed by atoms with E-state index in [0.717, 1.165) is 16.8 Å². The molecule has 8 N–H and O–H groups in total. The highest BCUT2D eigenvalue weighted by Gasteiger charge is 2.38. The quantitative estimate of drug-likeness (QED) is 0.137. The monoisotopic (exact) mass is 636 g/mol. The maximum Gasteiger partial charge on any atom is 0.303 e. The summed E-state index contributed by atoms with van der Waals surface area (Å²) in [5, 5.41) is 18.7. The second kappa shape index (κ2) is 16.7. The van der Waals surface area contributed by atoms with Crippen LogP contribution in [0.2, 0.25) is 0 Å². The van der Waals surface area contributed by atoms with Crippen molar-refractivity contribution in [1.29, 1.82) is 0 Å². The highest BCUT2D eigenvalue weighted by molar-refractivity contribution is 5.97. The van der Waals surface area contributed by atoms with Crippen molar-refractivity contribution in [2.24, 2.45) is 11.5 Å². The van der Waals surface area contributed by atoms with Crippen LogP contribution in [0.25, 0.3) is 10.8 Å². The minimum Gasteiger partial charge on any atom is -0.481 e. The summed E-state index contributed by atoms with van der Waals surface area (Å²) in [5.41, 5.74) is 11.4. The lowest BCUT2D eigenvalue weighted by Crippen LogP contribution is -2.60. The molecule has 1 fully saturated rings. The molecule has 3 rings (SSSR count). The van der Waals surface area contributed by atoms with E-state index in [2.05, 4.69) is 22.5 Å². The predicted molar refractivity (Wildman–Crippen MR) is 167 cm³/mol. The fraction of sp³-hybridized carbons (Fsp3) is 0.406. The van der Waals surface area contributed by atoms with Gasteiger partial charge in [-0.3, -0.25) is 33.6 Å². The van der Waals surface area contributed by atoms with E-state index >= 15 is 0 Å². The van der Waals surface area contributed by atoms with Gasteiger partial charge in [-0.25, -0.2) is 0 Å². The number of nitrogens with one attached hydrogen (secondary N) is 3. The Kier molecular flexibility index (Phi) is 12.8. The number of carboxylic acids is 1. The van der Waals surface area contributed by atoms with E-state index in [1.807, 2.05) is 36.4 Å². The minimum absolute atomic E-state index is 0.0149. The fourth-order valence-corrected chi connectivity index (χ4v) is 5.35. The molecule has 0 aliphatic carbocycles. The van der Waals surface area contributed by atoms with Crippen molar-refractivity contribution in [3.05, 3.63) is 60.7 Å². The van der Waals surface area contributed by atoms with Crippen LogP contribution in [-0.2, 0) is 40.0 Å². The number of amides is 6. The standard InChI is InChI=1S/C32H40N6O8/c1-2-27(40)35-23(13-15-28(41)42)32(46)38-16-6-5-9-25(38)31(45)37-24(30(44)36-22(29(34)43)12-14-26(33)39)18-19-10-11-20-7-3-4-8-21(20)17-19/h2-4,7-8,10-11,17,22-25H,1,5-6,9,12-16,18H2,(H2,33,39)(H2,34,43)(H,35,40)(H,36,44)(H,37,45)(H,41,42). The third-order valence-electron chi connectivity index (χ3n) is 7.76. The van der Waals surface area contributed by atoms with Crippen LogP contribution in [0.1, 0.15) is 50.5 Å². The number of aliphatic carboxylic acids is 1. The largest absolute Gasteiger partial charge is 0.481 e. The van der Waals surface area contributed by atoms with Crippen molar-refractivity contribution in [3.63, 3.8) is 0 Å². The van der Waals surface area contributed by atoms with Gasteiger partial charge in [-0.1, -0.05) is 49.0 Å². The number of nitrogens with zero attached hydrogens (tertiary/aromatic N) is 1. The molecule has 0 bridgehead atoms. The lowest BCUT2D eigenvalue weighted by atomic mass is 9.97. The molecule has 1 aliphatic heterocycles. The van der Waals surface area contributed by atoms with Gasteiger partial charge in [0.05, 0.1) is 0 Å². The summed E-state index contributed by atoms with van der Waals surface area (Å²) in [5.74, 6) is -5.42. The molecule has 2 aromatic rings. The summed E-state index contributed by atoms with van der Waals surface area (Å²) < 4.78 is 0. The number of fused-ring (bicyclic) bond motifs is 1. The van der Waals surface area contributed by atoms with E-state index in [1.54, 1.807) is 6.07 Å². The molecule has 246 valence electrons. The first kappa shape index (κ1) is 35.2. The summed E-state index contributed by atoms with van der Waals surface area (Å²) in [6.07, 6.45) is 1.45. The first-order valence-electron chi connectivity index (χ1n) is 15.0. The Morgan fingerprint density at radius 1 is 0.891 bits per heavy atom. The Hall–Kier alpha value is -5.27. The van der Waals surface area contributed by atoms with E-state index in [4.69, 9.17) is 16.6 Å². The maximum absolute atomic E-state index is 13.8. The number of likely N-dealkylation sites (tertiary alicyclic amines) is 1. The number of carboxylic acid groups (broad SMARTS) is 1. The number of rotatable bonds is 16. The molecule has 0 aromatic heterocycles. The Labute approximate surface area is 265 Å². The molecule has 2 aromatic carbocycles. The van der Waals surface area contributed by atoms with E-state index in [9.17, 15) is 33.6 Å². The number of primary amides is 2. The molecule has 46 heavy (non-hydrogen) atoms. The first-order chi connectivity index (χ1) is 21.9. The molecule has 4 unspecified atom stereocenters. The van der Waals surface area contributed by atoms with Crippen LogP contribution in [0.15, 0.2) is 55.1 Å². The Bertz CT molecular complexity index is 1490. The predicted octanol–water partition coefficient (Wildman–Crippen LogP) is 0.0194. The molecule has 1 saturated heterocycles. The Morgan fingerprint density at radius 3 is 2.24 bits per heavy atom. The number of hydrogen-bond acceptors (Lipinski definition) is 7. The van der Waals surface area contributed by atoms with Gasteiger partial charge < -0.3 is 37.4 Å². The highest BCUT2D eigenvalue weighted by Crippen LogP contribution is 2.21. The second-order valence-electron chi connectivity index (χ2n) is 11.2. The molecule has 14 nitrogen and oxygen atoms in total. The summed E-state index contributed by atoms with van der Waals surface area (Å²) in [7, 11) is 0. The van der Waals surface area contributed by atoms with Crippen LogP contribution < -0.4 is 27.4 Å². The van der Waals surface area contributed by atoms with Gasteiger partial charge in [0.2, 0.25) is 35.4 Å². The van der Waals surface area contributed by atoms with Crippen molar-refractivity contribution in [3.8, 4) is 0 Å². The smallest absolute Gasteiger partial charge is 0.303 e. The molecule has 4 atom stereocenters. The molecule has 0 saturated carbocycles. The van der Waals surface area contributed by atoms with Crippen LogP contribution in [-0.4, -0.2) is 82.1 Å². The van der Waals surface area contributed by atoms with Gasteiger partial charge in [0.1, 0.15) is 24.2 Å². The Morgan fingerprint density at radius 2 is 1.59 bits per heavy atom. The van der Waals surface area contributed by atoms with Crippen LogP contribution >= 0.6 is 0 Å². The first-order valence-corrected chi connectivity index (χ1v) is 15.0. The maximum atomic E-state index is 13.8. The minimum atomic E-state index is -1.23. The number of carbonyl (C=O) groups is 7. The number of piperidine rings is 1. The van der Waals surface area contributed by atoms with Crippen molar-refractivity contribution >= 4 is 52.2 Å². The second-order valence-corrected chi connectivity index (χ2v) is 11.2. The van der Waals surface area contributed by atoms with Gasteiger partial charge in [0.25, 0.3) is 0 Å². The molecule has 1 aliphatic rings. The van der Waals surface area contributed by atoms with Crippen LogP contribution in [0, 0.1) is 0 Å². The van der Waals surface area contributed by atoms with Gasteiger partial charge in [-0.2, -0.15) is 0 Å². The molecule has 6 amide bonds. The van der Waals surface area contributed by atoms with E-state index in [0.29, 0.717) is 18.4 Å². The molecule has 14 heteroatoms. The van der Waals surface area contributed by atoms with Crippen LogP contribution in [0.3, 0.4) is 0 Å². The van der Waals surface area contributed by atoms with E-state index in [1.165, 1.54) is 4.90 Å². The highest BCUT2D eigenvalue weighted by atomic mass is 16.4. The molecule has 0 radical (unpaired) electrons.